The second kappa shape index (κ2) is 6.22. The maximum Gasteiger partial charge on any atom is 0.410 e. The number of piperidine rings is 1. The van der Waals surface area contributed by atoms with E-state index >= 15 is 0 Å². The zero-order valence-corrected chi connectivity index (χ0v) is 13.5. The van der Waals surface area contributed by atoms with E-state index in [1.807, 2.05) is 20.8 Å². The van der Waals surface area contributed by atoms with Crippen LogP contribution < -0.4 is 0 Å². The van der Waals surface area contributed by atoms with Gasteiger partial charge in [-0.3, -0.25) is 0 Å². The summed E-state index contributed by atoms with van der Waals surface area (Å²) in [6.07, 6.45) is -0.259. The zero-order chi connectivity index (χ0) is 16.4. The van der Waals surface area contributed by atoms with Crippen molar-refractivity contribution in [2.24, 2.45) is 11.3 Å². The Morgan fingerprint density at radius 1 is 1.24 bits per heavy atom. The highest BCUT2D eigenvalue weighted by molar-refractivity contribution is 5.73. The van der Waals surface area contributed by atoms with Crippen LogP contribution in [-0.4, -0.2) is 52.0 Å². The molecule has 2 unspecified atom stereocenters. The molecule has 1 aliphatic rings. The third-order valence-corrected chi connectivity index (χ3v) is 4.06. The van der Waals surface area contributed by atoms with Gasteiger partial charge in [-0.1, -0.05) is 13.8 Å². The lowest BCUT2D eigenvalue weighted by atomic mass is 9.71. The van der Waals surface area contributed by atoms with Crippen LogP contribution in [-0.2, 0) is 9.53 Å². The topological polar surface area (TPSA) is 87.1 Å². The van der Waals surface area contributed by atoms with Crippen molar-refractivity contribution >= 4 is 12.1 Å². The van der Waals surface area contributed by atoms with E-state index in [1.54, 1.807) is 18.7 Å². The Morgan fingerprint density at radius 3 is 2.29 bits per heavy atom. The van der Waals surface area contributed by atoms with Crippen molar-refractivity contribution in [1.82, 2.24) is 4.90 Å². The Balaban J connectivity index is 2.76. The molecule has 6 nitrogen and oxygen atoms in total. The van der Waals surface area contributed by atoms with Crippen LogP contribution in [0.25, 0.3) is 0 Å². The SMILES string of the molecule is CC(C)(C)OC(=O)N1CCCC(C(C)(C)C(O)C(=O)O)C1. The Morgan fingerprint density at radius 2 is 1.81 bits per heavy atom. The number of aliphatic hydroxyl groups excluding tert-OH is 1. The molecular formula is C15H27NO5. The summed E-state index contributed by atoms with van der Waals surface area (Å²) in [4.78, 5) is 24.8. The Hall–Kier alpha value is -1.30. The standard InChI is InChI=1S/C15H27NO5/c1-14(2,3)21-13(20)16-8-6-7-10(9-16)15(4,5)11(17)12(18)19/h10-11,17H,6-9H2,1-5H3,(H,18,19). The predicted molar refractivity (Wildman–Crippen MR) is 78.0 cm³/mol. The lowest BCUT2D eigenvalue weighted by Crippen LogP contribution is -2.50. The molecule has 6 heteroatoms. The number of rotatable bonds is 3. The molecule has 1 amide bonds. The minimum absolute atomic E-state index is 0.0788. The fourth-order valence-corrected chi connectivity index (χ4v) is 2.62. The molecule has 1 heterocycles. The Bertz CT molecular complexity index is 399. The molecule has 0 saturated carbocycles. The average Bonchev–Trinajstić information content (AvgIpc) is 2.35. The normalized spacial score (nSPS) is 21.8. The number of carboxylic acid groups (broad SMARTS) is 1. The van der Waals surface area contributed by atoms with Gasteiger partial charge in [0.05, 0.1) is 0 Å². The number of carbonyl (C=O) groups excluding carboxylic acids is 1. The fraction of sp³-hybridized carbons (Fsp3) is 0.867. The lowest BCUT2D eigenvalue weighted by molar-refractivity contribution is -0.156. The molecule has 0 aliphatic carbocycles. The number of carbonyl (C=O) groups is 2. The minimum Gasteiger partial charge on any atom is -0.479 e. The summed E-state index contributed by atoms with van der Waals surface area (Å²) in [5, 5.41) is 18.9. The molecule has 0 spiro atoms. The molecule has 0 aromatic carbocycles. The van der Waals surface area contributed by atoms with Gasteiger partial charge in [-0.05, 0) is 39.5 Å². The summed E-state index contributed by atoms with van der Waals surface area (Å²) in [6.45, 7) is 9.90. The summed E-state index contributed by atoms with van der Waals surface area (Å²) in [5.41, 5.74) is -1.35. The molecule has 1 aliphatic heterocycles. The molecular weight excluding hydrogens is 274 g/mol. The van der Waals surface area contributed by atoms with Crippen molar-refractivity contribution in [2.75, 3.05) is 13.1 Å². The van der Waals surface area contributed by atoms with Gasteiger partial charge in [-0.25, -0.2) is 9.59 Å². The van der Waals surface area contributed by atoms with E-state index in [0.29, 0.717) is 13.1 Å². The molecule has 21 heavy (non-hydrogen) atoms. The number of ether oxygens (including phenoxy) is 1. The first-order valence-electron chi connectivity index (χ1n) is 7.34. The van der Waals surface area contributed by atoms with Gasteiger partial charge in [0.25, 0.3) is 0 Å². The van der Waals surface area contributed by atoms with Crippen molar-refractivity contribution in [2.45, 2.75) is 59.2 Å². The van der Waals surface area contributed by atoms with Gasteiger partial charge in [-0.2, -0.15) is 0 Å². The molecule has 0 bridgehead atoms. The summed E-state index contributed by atoms with van der Waals surface area (Å²) >= 11 is 0. The summed E-state index contributed by atoms with van der Waals surface area (Å²) in [6, 6.07) is 0. The molecule has 0 radical (unpaired) electrons. The van der Waals surface area contributed by atoms with Crippen molar-refractivity contribution < 1.29 is 24.5 Å². The number of amides is 1. The lowest BCUT2D eigenvalue weighted by Gasteiger charge is -2.42. The van der Waals surface area contributed by atoms with Crippen molar-refractivity contribution in [1.29, 1.82) is 0 Å². The van der Waals surface area contributed by atoms with E-state index < -0.39 is 23.1 Å². The number of hydrogen-bond acceptors (Lipinski definition) is 4. The molecule has 122 valence electrons. The highest BCUT2D eigenvalue weighted by Gasteiger charge is 2.43. The summed E-state index contributed by atoms with van der Waals surface area (Å²) in [7, 11) is 0. The average molecular weight is 301 g/mol. The molecule has 0 aromatic rings. The van der Waals surface area contributed by atoms with E-state index in [9.17, 15) is 14.7 Å². The van der Waals surface area contributed by atoms with Crippen molar-refractivity contribution in [3.63, 3.8) is 0 Å². The molecule has 1 saturated heterocycles. The van der Waals surface area contributed by atoms with Crippen LogP contribution >= 0.6 is 0 Å². The highest BCUT2D eigenvalue weighted by Crippen LogP contribution is 2.37. The van der Waals surface area contributed by atoms with Gasteiger partial charge >= 0.3 is 12.1 Å². The summed E-state index contributed by atoms with van der Waals surface area (Å²) in [5.74, 6) is -1.31. The smallest absolute Gasteiger partial charge is 0.410 e. The quantitative estimate of drug-likeness (QED) is 0.833. The maximum absolute atomic E-state index is 12.1. The molecule has 2 atom stereocenters. The van der Waals surface area contributed by atoms with Gasteiger partial charge < -0.3 is 19.8 Å². The Kier molecular flexibility index (Phi) is 5.25. The van der Waals surface area contributed by atoms with Crippen molar-refractivity contribution in [3.8, 4) is 0 Å². The number of nitrogens with zero attached hydrogens (tertiary/aromatic N) is 1. The first-order chi connectivity index (χ1) is 9.45. The largest absolute Gasteiger partial charge is 0.479 e. The van der Waals surface area contributed by atoms with E-state index in [0.717, 1.165) is 12.8 Å². The maximum atomic E-state index is 12.1. The van der Waals surface area contributed by atoms with Gasteiger partial charge in [-0.15, -0.1) is 0 Å². The van der Waals surface area contributed by atoms with E-state index in [-0.39, 0.29) is 12.0 Å². The van der Waals surface area contributed by atoms with Crippen LogP contribution in [0.3, 0.4) is 0 Å². The van der Waals surface area contributed by atoms with Crippen LogP contribution in [0.4, 0.5) is 4.79 Å². The van der Waals surface area contributed by atoms with Crippen LogP contribution in [0.5, 0.6) is 0 Å². The highest BCUT2D eigenvalue weighted by atomic mass is 16.6. The van der Waals surface area contributed by atoms with Crippen molar-refractivity contribution in [3.05, 3.63) is 0 Å². The fourth-order valence-electron chi connectivity index (χ4n) is 2.62. The number of aliphatic hydroxyl groups is 1. The minimum atomic E-state index is -1.44. The molecule has 2 N–H and O–H groups in total. The van der Waals surface area contributed by atoms with Gasteiger partial charge in [0.2, 0.25) is 0 Å². The van der Waals surface area contributed by atoms with Gasteiger partial charge in [0, 0.05) is 18.5 Å². The van der Waals surface area contributed by atoms with E-state index in [2.05, 4.69) is 0 Å². The van der Waals surface area contributed by atoms with Crippen LogP contribution in [0.1, 0.15) is 47.5 Å². The van der Waals surface area contributed by atoms with E-state index in [1.165, 1.54) is 0 Å². The first kappa shape index (κ1) is 17.8. The Labute approximate surface area is 126 Å². The number of aliphatic carboxylic acids is 1. The number of hydrogen-bond donors (Lipinski definition) is 2. The van der Waals surface area contributed by atoms with E-state index in [4.69, 9.17) is 9.84 Å². The van der Waals surface area contributed by atoms with Gasteiger partial charge in [0.1, 0.15) is 5.60 Å². The number of carboxylic acids is 1. The summed E-state index contributed by atoms with van der Waals surface area (Å²) < 4.78 is 5.35. The molecule has 1 rings (SSSR count). The predicted octanol–water partition coefficient (Wildman–Crippen LogP) is 2.11. The second-order valence-corrected chi connectivity index (χ2v) is 7.33. The third kappa shape index (κ3) is 4.59. The molecule has 0 aromatic heterocycles. The van der Waals surface area contributed by atoms with Crippen LogP contribution in [0, 0.1) is 11.3 Å². The zero-order valence-electron chi connectivity index (χ0n) is 13.5. The third-order valence-electron chi connectivity index (χ3n) is 4.06. The number of likely N-dealkylation sites (tertiary alicyclic amines) is 1. The molecule has 1 fully saturated rings. The second-order valence-electron chi connectivity index (χ2n) is 7.33. The van der Waals surface area contributed by atoms with Crippen LogP contribution in [0.2, 0.25) is 0 Å². The monoisotopic (exact) mass is 301 g/mol. The first-order valence-corrected chi connectivity index (χ1v) is 7.34. The van der Waals surface area contributed by atoms with Crippen LogP contribution in [0.15, 0.2) is 0 Å². The van der Waals surface area contributed by atoms with Gasteiger partial charge in [0.15, 0.2) is 6.10 Å².